The van der Waals surface area contributed by atoms with Crippen LogP contribution in [0.4, 0.5) is 4.39 Å². The Morgan fingerprint density at radius 2 is 1.76 bits per heavy atom. The van der Waals surface area contributed by atoms with Gasteiger partial charge in [0.15, 0.2) is 0 Å². The molecule has 1 aromatic carbocycles. The minimum absolute atomic E-state index is 0.111. The van der Waals surface area contributed by atoms with Gasteiger partial charge in [0.2, 0.25) is 0 Å². The molecular formula is C22H21FN4O2. The number of aromatic nitrogens is 1. The van der Waals surface area contributed by atoms with Crippen LogP contribution in [0.5, 0.6) is 0 Å². The molecule has 4 rings (SSSR count). The molecule has 2 amide bonds. The lowest BCUT2D eigenvalue weighted by Gasteiger charge is -2.40. The number of nitrogens with zero attached hydrogens (tertiary/aromatic N) is 2. The Kier molecular flexibility index (Phi) is 4.79. The van der Waals surface area contributed by atoms with Crippen LogP contribution in [-0.2, 0) is 0 Å². The summed E-state index contributed by atoms with van der Waals surface area (Å²) in [4.78, 5) is 29.5. The number of halogens is 1. The van der Waals surface area contributed by atoms with Crippen molar-refractivity contribution in [2.45, 2.75) is 49.6 Å². The highest BCUT2D eigenvalue weighted by Gasteiger charge is 2.52. The number of pyridine rings is 1. The molecule has 2 atom stereocenters. The zero-order valence-corrected chi connectivity index (χ0v) is 15.9. The number of carbonyl (C=O) groups excluding carboxylic acids is 2. The summed E-state index contributed by atoms with van der Waals surface area (Å²) in [5, 5.41) is 15.2. The van der Waals surface area contributed by atoms with E-state index in [-0.39, 0.29) is 22.6 Å². The SMILES string of the molecule is N#Cc1cc(F)cc(C(=O)N[C@]23CCC[C@](NC(=O)c4ccccn4)(CC2)C3)c1. The third-order valence-corrected chi connectivity index (χ3v) is 6.01. The second kappa shape index (κ2) is 7.28. The summed E-state index contributed by atoms with van der Waals surface area (Å²) < 4.78 is 13.7. The molecule has 0 aliphatic heterocycles. The highest BCUT2D eigenvalue weighted by molar-refractivity contribution is 5.95. The normalized spacial score (nSPS) is 25.1. The first-order valence-electron chi connectivity index (χ1n) is 9.69. The number of benzene rings is 1. The van der Waals surface area contributed by atoms with Gasteiger partial charge in [-0.15, -0.1) is 0 Å². The first-order chi connectivity index (χ1) is 13.9. The maximum Gasteiger partial charge on any atom is 0.270 e. The highest BCUT2D eigenvalue weighted by atomic mass is 19.1. The average Bonchev–Trinajstić information content (AvgIpc) is 2.97. The Bertz CT molecular complexity index is 1000. The number of amides is 2. The van der Waals surface area contributed by atoms with Crippen molar-refractivity contribution < 1.29 is 14.0 Å². The predicted octanol–water partition coefficient (Wildman–Crippen LogP) is 3.10. The van der Waals surface area contributed by atoms with Gasteiger partial charge in [-0.05, 0) is 68.9 Å². The van der Waals surface area contributed by atoms with Crippen molar-refractivity contribution in [2.75, 3.05) is 0 Å². The van der Waals surface area contributed by atoms with E-state index in [1.165, 1.54) is 6.07 Å². The third kappa shape index (κ3) is 3.83. The molecule has 2 bridgehead atoms. The fourth-order valence-corrected chi connectivity index (χ4v) is 4.73. The van der Waals surface area contributed by atoms with Crippen LogP contribution in [0.1, 0.15) is 64.9 Å². The molecule has 2 aliphatic rings. The molecule has 148 valence electrons. The van der Waals surface area contributed by atoms with E-state index in [2.05, 4.69) is 15.6 Å². The fourth-order valence-electron chi connectivity index (χ4n) is 4.73. The molecule has 7 heteroatoms. The van der Waals surface area contributed by atoms with Gasteiger partial charge in [0.1, 0.15) is 11.5 Å². The van der Waals surface area contributed by atoms with E-state index in [9.17, 15) is 14.0 Å². The third-order valence-electron chi connectivity index (χ3n) is 6.01. The van der Waals surface area contributed by atoms with Crippen molar-refractivity contribution in [3.8, 4) is 6.07 Å². The molecule has 2 saturated carbocycles. The summed E-state index contributed by atoms with van der Waals surface area (Å²) >= 11 is 0. The second-order valence-electron chi connectivity index (χ2n) is 8.05. The van der Waals surface area contributed by atoms with E-state index in [1.54, 1.807) is 24.4 Å². The van der Waals surface area contributed by atoms with Crippen LogP contribution < -0.4 is 10.6 Å². The Morgan fingerprint density at radius 1 is 1.03 bits per heavy atom. The van der Waals surface area contributed by atoms with Gasteiger partial charge in [0, 0.05) is 22.8 Å². The van der Waals surface area contributed by atoms with Crippen molar-refractivity contribution in [1.82, 2.24) is 15.6 Å². The molecule has 0 radical (unpaired) electrons. The highest BCUT2D eigenvalue weighted by Crippen LogP contribution is 2.48. The van der Waals surface area contributed by atoms with Crippen LogP contribution in [0.15, 0.2) is 42.6 Å². The van der Waals surface area contributed by atoms with Gasteiger partial charge < -0.3 is 10.6 Å². The molecule has 2 fully saturated rings. The van der Waals surface area contributed by atoms with E-state index >= 15 is 0 Å². The van der Waals surface area contributed by atoms with Gasteiger partial charge in [-0.25, -0.2) is 4.39 Å². The Balaban J connectivity index is 1.50. The fraction of sp³-hybridized carbons (Fsp3) is 0.364. The molecule has 2 aromatic rings. The number of nitrogens with one attached hydrogen (secondary N) is 2. The maximum absolute atomic E-state index is 13.7. The summed E-state index contributed by atoms with van der Waals surface area (Å²) in [6, 6.07) is 10.7. The molecule has 2 N–H and O–H groups in total. The van der Waals surface area contributed by atoms with Gasteiger partial charge in [-0.3, -0.25) is 14.6 Å². The van der Waals surface area contributed by atoms with Gasteiger partial charge in [-0.2, -0.15) is 5.26 Å². The molecular weight excluding hydrogens is 371 g/mol. The van der Waals surface area contributed by atoms with Crippen LogP contribution in [-0.4, -0.2) is 27.9 Å². The zero-order chi connectivity index (χ0) is 20.5. The van der Waals surface area contributed by atoms with E-state index in [0.29, 0.717) is 12.1 Å². The van der Waals surface area contributed by atoms with Gasteiger partial charge in [0.25, 0.3) is 11.8 Å². The van der Waals surface area contributed by atoms with Crippen molar-refractivity contribution in [3.05, 3.63) is 65.2 Å². The summed E-state index contributed by atoms with van der Waals surface area (Å²) in [5.41, 5.74) is -0.194. The van der Waals surface area contributed by atoms with Crippen molar-refractivity contribution in [2.24, 2.45) is 0 Å². The molecule has 0 unspecified atom stereocenters. The Labute approximate surface area is 168 Å². The number of fused-ring (bicyclic) bond motifs is 2. The van der Waals surface area contributed by atoms with Gasteiger partial charge in [0.05, 0.1) is 11.6 Å². The summed E-state index contributed by atoms with van der Waals surface area (Å²) in [5.74, 6) is -1.22. The van der Waals surface area contributed by atoms with Crippen molar-refractivity contribution in [3.63, 3.8) is 0 Å². The molecule has 6 nitrogen and oxygen atoms in total. The first-order valence-corrected chi connectivity index (χ1v) is 9.69. The summed E-state index contributed by atoms with van der Waals surface area (Å²) in [6.45, 7) is 0. The standard InChI is InChI=1S/C22H21FN4O2/c23-17-11-15(13-24)10-16(12-17)19(28)26-21-5-3-6-22(14-21,8-7-21)27-20(29)18-4-1-2-9-25-18/h1-2,4,9-12H,3,5-8,14H2,(H,26,28)(H,27,29)/t21-,22+/m1/s1. The number of carbonyl (C=O) groups is 2. The smallest absolute Gasteiger partial charge is 0.270 e. The summed E-state index contributed by atoms with van der Waals surface area (Å²) in [6.07, 6.45) is 6.24. The number of rotatable bonds is 4. The van der Waals surface area contributed by atoms with Crippen LogP contribution in [0.25, 0.3) is 0 Å². The lowest BCUT2D eigenvalue weighted by Crippen LogP contribution is -2.55. The molecule has 1 aromatic heterocycles. The van der Waals surface area contributed by atoms with E-state index in [1.807, 2.05) is 6.07 Å². The lowest BCUT2D eigenvalue weighted by atomic mass is 9.78. The van der Waals surface area contributed by atoms with Gasteiger partial charge in [-0.1, -0.05) is 6.07 Å². The minimum Gasteiger partial charge on any atom is -0.347 e. The number of hydrogen-bond donors (Lipinski definition) is 2. The molecule has 0 spiro atoms. The van der Waals surface area contributed by atoms with Crippen LogP contribution in [0, 0.1) is 17.1 Å². The van der Waals surface area contributed by atoms with Crippen molar-refractivity contribution in [1.29, 1.82) is 5.26 Å². The quantitative estimate of drug-likeness (QED) is 0.836. The largest absolute Gasteiger partial charge is 0.347 e. The van der Waals surface area contributed by atoms with Crippen LogP contribution in [0.2, 0.25) is 0 Å². The van der Waals surface area contributed by atoms with E-state index in [4.69, 9.17) is 5.26 Å². The van der Waals surface area contributed by atoms with Crippen molar-refractivity contribution >= 4 is 11.8 Å². The second-order valence-corrected chi connectivity index (χ2v) is 8.05. The minimum atomic E-state index is -0.612. The molecule has 2 aliphatic carbocycles. The number of nitriles is 1. The first kappa shape index (κ1) is 19.1. The lowest BCUT2D eigenvalue weighted by molar-refractivity contribution is 0.0829. The average molecular weight is 392 g/mol. The van der Waals surface area contributed by atoms with Crippen LogP contribution in [0.3, 0.4) is 0 Å². The van der Waals surface area contributed by atoms with Crippen LogP contribution >= 0.6 is 0 Å². The monoisotopic (exact) mass is 392 g/mol. The van der Waals surface area contributed by atoms with E-state index < -0.39 is 17.3 Å². The summed E-state index contributed by atoms with van der Waals surface area (Å²) in [7, 11) is 0. The Morgan fingerprint density at radius 3 is 2.41 bits per heavy atom. The van der Waals surface area contributed by atoms with E-state index in [0.717, 1.165) is 44.2 Å². The maximum atomic E-state index is 13.7. The topological polar surface area (TPSA) is 94.9 Å². The Hall–Kier alpha value is -3.27. The molecule has 0 saturated heterocycles. The predicted molar refractivity (Wildman–Crippen MR) is 103 cm³/mol. The molecule has 1 heterocycles. The zero-order valence-electron chi connectivity index (χ0n) is 15.9. The van der Waals surface area contributed by atoms with Gasteiger partial charge >= 0.3 is 0 Å². The number of hydrogen-bond acceptors (Lipinski definition) is 4. The molecule has 29 heavy (non-hydrogen) atoms.